The van der Waals surface area contributed by atoms with E-state index in [0.717, 1.165) is 42.1 Å². The van der Waals surface area contributed by atoms with Crippen molar-refractivity contribution in [2.45, 2.75) is 39.0 Å². The lowest BCUT2D eigenvalue weighted by atomic mass is 9.96. The molecule has 2 aromatic rings. The second kappa shape index (κ2) is 6.82. The fourth-order valence-corrected chi connectivity index (χ4v) is 3.73. The van der Waals surface area contributed by atoms with Crippen LogP contribution in [0.2, 0.25) is 0 Å². The van der Waals surface area contributed by atoms with Gasteiger partial charge in [-0.05, 0) is 49.8 Å². The Hall–Kier alpha value is -2.43. The third-order valence-corrected chi connectivity index (χ3v) is 5.08. The first-order valence-electron chi connectivity index (χ1n) is 9.04. The maximum atomic E-state index is 12.4. The van der Waals surface area contributed by atoms with E-state index in [0.29, 0.717) is 19.6 Å². The summed E-state index contributed by atoms with van der Waals surface area (Å²) >= 11 is 0. The van der Waals surface area contributed by atoms with Crippen molar-refractivity contribution < 1.29 is 9.53 Å². The van der Waals surface area contributed by atoms with Gasteiger partial charge in [-0.3, -0.25) is 4.79 Å². The van der Waals surface area contributed by atoms with Crippen molar-refractivity contribution in [2.24, 2.45) is 5.92 Å². The van der Waals surface area contributed by atoms with E-state index < -0.39 is 0 Å². The van der Waals surface area contributed by atoms with Crippen LogP contribution in [0.5, 0.6) is 5.75 Å². The molecule has 0 fully saturated rings. The highest BCUT2D eigenvalue weighted by Gasteiger charge is 2.25. The number of hydrogen-bond acceptors (Lipinski definition) is 4. The van der Waals surface area contributed by atoms with Gasteiger partial charge in [0.2, 0.25) is 5.91 Å². The molecule has 0 bridgehead atoms. The molecule has 1 aliphatic carbocycles. The predicted octanol–water partition coefficient (Wildman–Crippen LogP) is 2.18. The van der Waals surface area contributed by atoms with Crippen molar-refractivity contribution in [1.29, 1.82) is 0 Å². The molecule has 5 heteroatoms. The van der Waals surface area contributed by atoms with Crippen LogP contribution in [-0.2, 0) is 30.5 Å². The summed E-state index contributed by atoms with van der Waals surface area (Å²) in [5.41, 5.74) is 4.73. The van der Waals surface area contributed by atoms with Crippen molar-refractivity contribution in [1.82, 2.24) is 15.3 Å². The maximum absolute atomic E-state index is 12.4. The molecule has 0 radical (unpaired) electrons. The maximum Gasteiger partial charge on any atom is 0.226 e. The largest absolute Gasteiger partial charge is 0.492 e. The molecular weight excluding hydrogens is 314 g/mol. The molecular formula is C20H23N3O2. The molecule has 0 saturated carbocycles. The van der Waals surface area contributed by atoms with Gasteiger partial charge in [-0.2, -0.15) is 0 Å². The lowest BCUT2D eigenvalue weighted by Gasteiger charge is -2.24. The zero-order chi connectivity index (χ0) is 17.2. The standard InChI is InChI=1S/C20H23N3O2/c1-13-16-6-4-7-17(16)23-19(22-13)9-10-21-20(24)15-11-14-5-2-3-8-18(14)25-12-15/h2-3,5,8,15H,4,6-7,9-12H2,1H3,(H,21,24)/t15-/m1/s1. The number of para-hydroxylation sites is 1. The SMILES string of the molecule is Cc1nc(CCNC(=O)[C@H]2COc3ccccc3C2)nc2c1CCC2. The Morgan fingerprint density at radius 2 is 2.16 bits per heavy atom. The molecule has 25 heavy (non-hydrogen) atoms. The van der Waals surface area contributed by atoms with Gasteiger partial charge in [-0.15, -0.1) is 0 Å². The average Bonchev–Trinajstić information content (AvgIpc) is 3.10. The Labute approximate surface area is 147 Å². The number of hydrogen-bond donors (Lipinski definition) is 1. The second-order valence-electron chi connectivity index (χ2n) is 6.86. The van der Waals surface area contributed by atoms with E-state index in [-0.39, 0.29) is 11.8 Å². The Morgan fingerprint density at radius 3 is 3.08 bits per heavy atom. The molecule has 0 spiro atoms. The van der Waals surface area contributed by atoms with Crippen LogP contribution in [0.4, 0.5) is 0 Å². The van der Waals surface area contributed by atoms with Gasteiger partial charge in [0.25, 0.3) is 0 Å². The lowest BCUT2D eigenvalue weighted by Crippen LogP contribution is -2.38. The van der Waals surface area contributed by atoms with E-state index in [4.69, 9.17) is 4.74 Å². The van der Waals surface area contributed by atoms with Gasteiger partial charge < -0.3 is 10.1 Å². The van der Waals surface area contributed by atoms with Gasteiger partial charge >= 0.3 is 0 Å². The minimum Gasteiger partial charge on any atom is -0.492 e. The normalized spacial score (nSPS) is 18.2. The lowest BCUT2D eigenvalue weighted by molar-refractivity contribution is -0.126. The molecule has 0 unspecified atom stereocenters. The van der Waals surface area contributed by atoms with Crippen LogP contribution >= 0.6 is 0 Å². The van der Waals surface area contributed by atoms with E-state index in [1.54, 1.807) is 0 Å². The van der Waals surface area contributed by atoms with Crippen molar-refractivity contribution in [3.63, 3.8) is 0 Å². The summed E-state index contributed by atoms with van der Waals surface area (Å²) in [7, 11) is 0. The topological polar surface area (TPSA) is 64.1 Å². The minimum atomic E-state index is -0.127. The predicted molar refractivity (Wildman–Crippen MR) is 94.6 cm³/mol. The van der Waals surface area contributed by atoms with Gasteiger partial charge in [-0.1, -0.05) is 18.2 Å². The van der Waals surface area contributed by atoms with E-state index in [1.807, 2.05) is 24.3 Å². The monoisotopic (exact) mass is 337 g/mol. The van der Waals surface area contributed by atoms with Crippen LogP contribution in [0.25, 0.3) is 0 Å². The summed E-state index contributed by atoms with van der Waals surface area (Å²) in [5.74, 6) is 1.65. The fourth-order valence-electron chi connectivity index (χ4n) is 3.73. The summed E-state index contributed by atoms with van der Waals surface area (Å²) in [6, 6.07) is 7.92. The third-order valence-electron chi connectivity index (χ3n) is 5.08. The highest BCUT2D eigenvalue weighted by molar-refractivity contribution is 5.79. The van der Waals surface area contributed by atoms with Crippen molar-refractivity contribution >= 4 is 5.91 Å². The summed E-state index contributed by atoms with van der Waals surface area (Å²) in [5, 5.41) is 3.02. The van der Waals surface area contributed by atoms with Gasteiger partial charge in [-0.25, -0.2) is 9.97 Å². The molecule has 1 N–H and O–H groups in total. The number of aryl methyl sites for hydroxylation is 2. The van der Waals surface area contributed by atoms with Crippen molar-refractivity contribution in [3.8, 4) is 5.75 Å². The van der Waals surface area contributed by atoms with E-state index in [9.17, 15) is 4.79 Å². The number of nitrogens with zero attached hydrogens (tertiary/aromatic N) is 2. The molecule has 2 aliphatic rings. The Morgan fingerprint density at radius 1 is 1.28 bits per heavy atom. The van der Waals surface area contributed by atoms with Gasteiger partial charge in [0.1, 0.15) is 18.2 Å². The number of benzene rings is 1. The number of rotatable bonds is 4. The molecule has 2 heterocycles. The summed E-state index contributed by atoms with van der Waals surface area (Å²) in [4.78, 5) is 21.7. The second-order valence-corrected chi connectivity index (χ2v) is 6.86. The number of ether oxygens (including phenoxy) is 1. The molecule has 1 aromatic heterocycles. The third kappa shape index (κ3) is 3.36. The Bertz CT molecular complexity index is 804. The Balaban J connectivity index is 1.32. The molecule has 5 nitrogen and oxygen atoms in total. The fraction of sp³-hybridized carbons (Fsp3) is 0.450. The number of amides is 1. The number of aromatic nitrogens is 2. The van der Waals surface area contributed by atoms with Crippen LogP contribution in [0.15, 0.2) is 24.3 Å². The summed E-state index contributed by atoms with van der Waals surface area (Å²) in [6.07, 6.45) is 4.73. The number of carbonyl (C=O) groups is 1. The minimum absolute atomic E-state index is 0.0485. The van der Waals surface area contributed by atoms with Crippen LogP contribution in [0, 0.1) is 12.8 Å². The molecule has 1 atom stereocenters. The first kappa shape index (κ1) is 16.1. The molecule has 0 saturated heterocycles. The van der Waals surface area contributed by atoms with Crippen molar-refractivity contribution in [3.05, 3.63) is 52.6 Å². The van der Waals surface area contributed by atoms with Crippen LogP contribution in [0.1, 0.15) is 34.8 Å². The number of carbonyl (C=O) groups excluding carboxylic acids is 1. The van der Waals surface area contributed by atoms with Crippen LogP contribution in [0.3, 0.4) is 0 Å². The zero-order valence-corrected chi connectivity index (χ0v) is 14.5. The molecule has 1 aliphatic heterocycles. The highest BCUT2D eigenvalue weighted by atomic mass is 16.5. The summed E-state index contributed by atoms with van der Waals surface area (Å²) < 4.78 is 5.70. The first-order valence-corrected chi connectivity index (χ1v) is 9.04. The van der Waals surface area contributed by atoms with Gasteiger partial charge in [0.05, 0.1) is 5.92 Å². The summed E-state index contributed by atoms with van der Waals surface area (Å²) in [6.45, 7) is 3.07. The number of nitrogens with one attached hydrogen (secondary N) is 1. The molecule has 4 rings (SSSR count). The smallest absolute Gasteiger partial charge is 0.226 e. The molecule has 130 valence electrons. The first-order chi connectivity index (χ1) is 12.2. The van der Waals surface area contributed by atoms with Crippen LogP contribution in [-0.4, -0.2) is 29.0 Å². The zero-order valence-electron chi connectivity index (χ0n) is 14.5. The van der Waals surface area contributed by atoms with Crippen LogP contribution < -0.4 is 10.1 Å². The molecule has 1 amide bonds. The van der Waals surface area contributed by atoms with Gasteiger partial charge in [0.15, 0.2) is 0 Å². The average molecular weight is 337 g/mol. The van der Waals surface area contributed by atoms with E-state index in [2.05, 4.69) is 22.2 Å². The van der Waals surface area contributed by atoms with E-state index in [1.165, 1.54) is 17.7 Å². The Kier molecular flexibility index (Phi) is 4.38. The van der Waals surface area contributed by atoms with E-state index >= 15 is 0 Å². The molecule has 1 aromatic carbocycles. The van der Waals surface area contributed by atoms with Crippen molar-refractivity contribution in [2.75, 3.05) is 13.2 Å². The number of fused-ring (bicyclic) bond motifs is 2. The van der Waals surface area contributed by atoms with Gasteiger partial charge in [0, 0.05) is 24.4 Å². The quantitative estimate of drug-likeness (QED) is 0.929. The highest BCUT2D eigenvalue weighted by Crippen LogP contribution is 2.27.